The average Bonchev–Trinajstić information content (AvgIpc) is 3.44. The van der Waals surface area contributed by atoms with Crippen LogP contribution in [0, 0.1) is 17.0 Å². The van der Waals surface area contributed by atoms with E-state index in [2.05, 4.69) is 0 Å². The van der Waals surface area contributed by atoms with Crippen molar-refractivity contribution in [3.05, 3.63) is 68.7 Å². The van der Waals surface area contributed by atoms with Crippen LogP contribution in [0.3, 0.4) is 0 Å². The third-order valence-corrected chi connectivity index (χ3v) is 6.65. The molecule has 0 spiro atoms. The van der Waals surface area contributed by atoms with E-state index in [-0.39, 0.29) is 17.7 Å². The number of thiazole rings is 1. The lowest BCUT2D eigenvalue weighted by molar-refractivity contribution is -0.384. The SMILES string of the molecule is Cc1ccc(Cl)c2sc(N(CC3CCCO3)C(=O)/C=C\c3ccc([N+](=O)[O-])cc3)nc12. The number of hydrogen-bond donors (Lipinski definition) is 0. The number of amides is 1. The molecular weight excluding hydrogens is 438 g/mol. The van der Waals surface area contributed by atoms with Gasteiger partial charge in [-0.25, -0.2) is 4.98 Å². The summed E-state index contributed by atoms with van der Waals surface area (Å²) < 4.78 is 6.59. The van der Waals surface area contributed by atoms with Crippen molar-refractivity contribution in [3.8, 4) is 0 Å². The number of nitro groups is 1. The molecule has 4 rings (SSSR count). The number of anilines is 1. The van der Waals surface area contributed by atoms with Crippen molar-refractivity contribution in [3.63, 3.8) is 0 Å². The molecule has 1 amide bonds. The smallest absolute Gasteiger partial charge is 0.269 e. The molecule has 0 saturated carbocycles. The van der Waals surface area contributed by atoms with Crippen LogP contribution in [0.25, 0.3) is 16.3 Å². The molecule has 1 unspecified atom stereocenters. The van der Waals surface area contributed by atoms with Crippen LogP contribution < -0.4 is 4.90 Å². The minimum absolute atomic E-state index is 0.00482. The fourth-order valence-corrected chi connectivity index (χ4v) is 4.76. The van der Waals surface area contributed by atoms with Crippen LogP contribution in [-0.4, -0.2) is 35.1 Å². The quantitative estimate of drug-likeness (QED) is 0.281. The highest BCUT2D eigenvalue weighted by molar-refractivity contribution is 7.23. The second-order valence-electron chi connectivity index (χ2n) is 7.30. The van der Waals surface area contributed by atoms with Crippen LogP contribution in [0.1, 0.15) is 24.0 Å². The highest BCUT2D eigenvalue weighted by atomic mass is 35.5. The Labute approximate surface area is 188 Å². The van der Waals surface area contributed by atoms with Crippen molar-refractivity contribution in [2.45, 2.75) is 25.9 Å². The fraction of sp³-hybridized carbons (Fsp3) is 0.273. The van der Waals surface area contributed by atoms with Crippen LogP contribution in [-0.2, 0) is 9.53 Å². The van der Waals surface area contributed by atoms with Crippen molar-refractivity contribution in [1.29, 1.82) is 0 Å². The van der Waals surface area contributed by atoms with Crippen molar-refractivity contribution in [1.82, 2.24) is 4.98 Å². The number of fused-ring (bicyclic) bond motifs is 1. The van der Waals surface area contributed by atoms with Crippen molar-refractivity contribution in [2.75, 3.05) is 18.1 Å². The number of carbonyl (C=O) groups is 1. The highest BCUT2D eigenvalue weighted by Gasteiger charge is 2.25. The Bertz CT molecular complexity index is 1110. The summed E-state index contributed by atoms with van der Waals surface area (Å²) in [5.41, 5.74) is 2.48. The predicted molar refractivity (Wildman–Crippen MR) is 123 cm³/mol. The maximum absolute atomic E-state index is 13.1. The summed E-state index contributed by atoms with van der Waals surface area (Å²) >= 11 is 7.74. The number of benzene rings is 2. The van der Waals surface area contributed by atoms with Gasteiger partial charge in [-0.1, -0.05) is 29.0 Å². The Hall–Kier alpha value is -2.81. The molecule has 0 N–H and O–H groups in total. The molecule has 1 aliphatic heterocycles. The lowest BCUT2D eigenvalue weighted by Gasteiger charge is -2.21. The maximum Gasteiger partial charge on any atom is 0.269 e. The van der Waals surface area contributed by atoms with Crippen LogP contribution in [0.2, 0.25) is 5.02 Å². The van der Waals surface area contributed by atoms with Gasteiger partial charge in [-0.2, -0.15) is 0 Å². The van der Waals surface area contributed by atoms with E-state index < -0.39 is 4.92 Å². The van der Waals surface area contributed by atoms with Gasteiger partial charge in [0.2, 0.25) is 0 Å². The van der Waals surface area contributed by atoms with E-state index in [1.165, 1.54) is 29.5 Å². The number of carbonyl (C=O) groups excluding carboxylic acids is 1. The number of nitro benzene ring substituents is 1. The zero-order valence-electron chi connectivity index (χ0n) is 16.8. The van der Waals surface area contributed by atoms with E-state index in [1.807, 2.05) is 19.1 Å². The van der Waals surface area contributed by atoms with Gasteiger partial charge in [0.05, 0.1) is 32.8 Å². The first-order valence-corrected chi connectivity index (χ1v) is 11.0. The van der Waals surface area contributed by atoms with Crippen LogP contribution in [0.4, 0.5) is 10.8 Å². The molecule has 160 valence electrons. The first kappa shape index (κ1) is 21.4. The molecule has 3 aromatic rings. The molecule has 1 saturated heterocycles. The third-order valence-electron chi connectivity index (χ3n) is 5.12. The number of hydrogen-bond acceptors (Lipinski definition) is 6. The summed E-state index contributed by atoms with van der Waals surface area (Å²) in [6.07, 6.45) is 4.91. The highest BCUT2D eigenvalue weighted by Crippen LogP contribution is 2.36. The van der Waals surface area contributed by atoms with Gasteiger partial charge in [-0.3, -0.25) is 19.8 Å². The van der Waals surface area contributed by atoms with E-state index in [4.69, 9.17) is 21.3 Å². The van der Waals surface area contributed by atoms with Gasteiger partial charge < -0.3 is 4.74 Å². The molecule has 2 aromatic carbocycles. The molecule has 1 atom stereocenters. The Kier molecular flexibility index (Phi) is 6.31. The summed E-state index contributed by atoms with van der Waals surface area (Å²) in [5, 5.41) is 12.0. The largest absolute Gasteiger partial charge is 0.376 e. The fourth-order valence-electron chi connectivity index (χ4n) is 3.43. The molecule has 1 aromatic heterocycles. The van der Waals surface area contributed by atoms with Crippen LogP contribution >= 0.6 is 22.9 Å². The second-order valence-corrected chi connectivity index (χ2v) is 8.69. The van der Waals surface area contributed by atoms with E-state index in [1.54, 1.807) is 23.1 Å². The molecule has 9 heteroatoms. The Balaban J connectivity index is 1.62. The van der Waals surface area contributed by atoms with Gasteiger partial charge in [0.25, 0.3) is 11.6 Å². The lowest BCUT2D eigenvalue weighted by Crippen LogP contribution is -2.36. The summed E-state index contributed by atoms with van der Waals surface area (Å²) in [4.78, 5) is 29.8. The zero-order valence-corrected chi connectivity index (χ0v) is 18.4. The van der Waals surface area contributed by atoms with E-state index in [0.717, 1.165) is 28.6 Å². The van der Waals surface area contributed by atoms with Gasteiger partial charge in [-0.15, -0.1) is 0 Å². The van der Waals surface area contributed by atoms with Crippen LogP contribution in [0.5, 0.6) is 0 Å². The molecule has 0 aliphatic carbocycles. The Morgan fingerprint density at radius 1 is 1.35 bits per heavy atom. The van der Waals surface area contributed by atoms with E-state index in [0.29, 0.717) is 28.9 Å². The van der Waals surface area contributed by atoms with Gasteiger partial charge >= 0.3 is 0 Å². The monoisotopic (exact) mass is 457 g/mol. The number of aryl methyl sites for hydroxylation is 1. The number of rotatable bonds is 6. The summed E-state index contributed by atoms with van der Waals surface area (Å²) in [6, 6.07) is 9.77. The van der Waals surface area contributed by atoms with Gasteiger partial charge in [-0.05, 0) is 55.2 Å². The van der Waals surface area contributed by atoms with Gasteiger partial charge in [0.15, 0.2) is 5.13 Å². The van der Waals surface area contributed by atoms with Crippen LogP contribution in [0.15, 0.2) is 42.5 Å². The topological polar surface area (TPSA) is 85.6 Å². The molecule has 2 heterocycles. The predicted octanol–water partition coefficient (Wildman–Crippen LogP) is 5.39. The lowest BCUT2D eigenvalue weighted by atomic mass is 10.2. The van der Waals surface area contributed by atoms with E-state index in [9.17, 15) is 14.9 Å². The first-order chi connectivity index (χ1) is 14.9. The first-order valence-electron chi connectivity index (χ1n) is 9.83. The number of aromatic nitrogens is 1. The molecule has 1 fully saturated rings. The Morgan fingerprint density at radius 2 is 2.13 bits per heavy atom. The number of halogens is 1. The number of ether oxygens (including phenoxy) is 1. The summed E-state index contributed by atoms with van der Waals surface area (Å²) in [5.74, 6) is -0.235. The van der Waals surface area contributed by atoms with Crippen molar-refractivity contribution >= 4 is 56.0 Å². The summed E-state index contributed by atoms with van der Waals surface area (Å²) in [6.45, 7) is 3.05. The number of nitrogens with zero attached hydrogens (tertiary/aromatic N) is 3. The average molecular weight is 458 g/mol. The number of non-ortho nitro benzene ring substituents is 1. The van der Waals surface area contributed by atoms with Gasteiger partial charge in [0, 0.05) is 24.8 Å². The summed E-state index contributed by atoms with van der Waals surface area (Å²) in [7, 11) is 0. The van der Waals surface area contributed by atoms with Gasteiger partial charge in [0.1, 0.15) is 0 Å². The van der Waals surface area contributed by atoms with Crippen molar-refractivity contribution in [2.24, 2.45) is 0 Å². The molecule has 31 heavy (non-hydrogen) atoms. The molecular formula is C22H20ClN3O4S. The molecule has 0 radical (unpaired) electrons. The third kappa shape index (κ3) is 4.76. The normalized spacial score (nSPS) is 16.3. The Morgan fingerprint density at radius 3 is 2.77 bits per heavy atom. The molecule has 0 bridgehead atoms. The second kappa shape index (κ2) is 9.13. The molecule has 7 nitrogen and oxygen atoms in total. The standard InChI is InChI=1S/C22H20ClN3O4S/c1-14-4-10-18(23)21-20(14)24-22(31-21)25(13-17-3-2-12-30-17)19(27)11-7-15-5-8-16(9-6-15)26(28)29/h4-11,17H,2-3,12-13H2,1H3/b11-7-. The zero-order chi connectivity index (χ0) is 22.0. The van der Waals surface area contributed by atoms with E-state index >= 15 is 0 Å². The van der Waals surface area contributed by atoms with Crippen molar-refractivity contribution < 1.29 is 14.5 Å². The minimum Gasteiger partial charge on any atom is -0.376 e. The maximum atomic E-state index is 13.1. The molecule has 1 aliphatic rings. The minimum atomic E-state index is -0.456.